The molecule has 2 rings (SSSR count). The molecule has 1 aromatic carbocycles. The van der Waals surface area contributed by atoms with E-state index in [9.17, 15) is 4.79 Å². The molecule has 4 heteroatoms. The van der Waals surface area contributed by atoms with Gasteiger partial charge in [-0.2, -0.15) is 5.26 Å². The van der Waals surface area contributed by atoms with Gasteiger partial charge < -0.3 is 10.1 Å². The van der Waals surface area contributed by atoms with Gasteiger partial charge in [0, 0.05) is 6.04 Å². The van der Waals surface area contributed by atoms with E-state index in [1.54, 1.807) is 0 Å². The van der Waals surface area contributed by atoms with Gasteiger partial charge in [0.15, 0.2) is 0 Å². The molecule has 0 aromatic heterocycles. The van der Waals surface area contributed by atoms with Crippen molar-refractivity contribution in [1.82, 2.24) is 5.32 Å². The molecule has 0 aliphatic carbocycles. The lowest BCUT2D eigenvalue weighted by Gasteiger charge is -2.26. The van der Waals surface area contributed by atoms with E-state index in [0.717, 1.165) is 17.7 Å². The molecule has 19 heavy (non-hydrogen) atoms. The fourth-order valence-electron chi connectivity index (χ4n) is 2.22. The minimum absolute atomic E-state index is 0.0170. The summed E-state index contributed by atoms with van der Waals surface area (Å²) in [5, 5.41) is 11.6. The molecule has 1 aromatic rings. The molecule has 1 aliphatic rings. The zero-order valence-corrected chi connectivity index (χ0v) is 11.1. The minimum atomic E-state index is -0.164. The summed E-state index contributed by atoms with van der Waals surface area (Å²) >= 11 is 0. The van der Waals surface area contributed by atoms with Crippen molar-refractivity contribution >= 4 is 5.91 Å². The molecule has 0 bridgehead atoms. The molecular formula is C15H18N2O2. The highest BCUT2D eigenvalue weighted by Gasteiger charge is 2.26. The quantitative estimate of drug-likeness (QED) is 0.899. The molecule has 0 saturated carbocycles. The van der Waals surface area contributed by atoms with Crippen LogP contribution in [-0.2, 0) is 11.2 Å². The predicted molar refractivity (Wildman–Crippen MR) is 71.6 cm³/mol. The number of ether oxygens (including phenoxy) is 1. The molecule has 4 nitrogen and oxygen atoms in total. The first-order valence-electron chi connectivity index (χ1n) is 6.62. The van der Waals surface area contributed by atoms with Crippen LogP contribution in [0.25, 0.3) is 0 Å². The van der Waals surface area contributed by atoms with E-state index in [-0.39, 0.29) is 17.9 Å². The standard InChI is InChI=1S/C15H18N2O2/c1-2-13(7-8-16)17-15(18)12-9-11-5-3-4-6-14(11)19-10-12/h3-6,12-13H,2,7,9-10H2,1H3,(H,17,18). The van der Waals surface area contributed by atoms with E-state index in [1.807, 2.05) is 31.2 Å². The van der Waals surface area contributed by atoms with Crippen molar-refractivity contribution in [1.29, 1.82) is 5.26 Å². The van der Waals surface area contributed by atoms with Crippen LogP contribution in [0.3, 0.4) is 0 Å². The first kappa shape index (κ1) is 13.4. The maximum atomic E-state index is 12.2. The molecule has 0 radical (unpaired) electrons. The van der Waals surface area contributed by atoms with E-state index < -0.39 is 0 Å². The van der Waals surface area contributed by atoms with Crippen molar-refractivity contribution in [3.8, 4) is 11.8 Å². The number of hydrogen-bond acceptors (Lipinski definition) is 3. The second kappa shape index (κ2) is 6.24. The number of para-hydroxylation sites is 1. The van der Waals surface area contributed by atoms with Gasteiger partial charge in [-0.25, -0.2) is 0 Å². The van der Waals surface area contributed by atoms with Crippen molar-refractivity contribution in [3.05, 3.63) is 29.8 Å². The van der Waals surface area contributed by atoms with E-state index in [0.29, 0.717) is 19.4 Å². The number of nitriles is 1. The van der Waals surface area contributed by atoms with Gasteiger partial charge in [-0.05, 0) is 24.5 Å². The van der Waals surface area contributed by atoms with Gasteiger partial charge in [0.25, 0.3) is 0 Å². The lowest BCUT2D eigenvalue weighted by atomic mass is 9.95. The van der Waals surface area contributed by atoms with Crippen molar-refractivity contribution < 1.29 is 9.53 Å². The first-order valence-corrected chi connectivity index (χ1v) is 6.62. The highest BCUT2D eigenvalue weighted by Crippen LogP contribution is 2.26. The average molecular weight is 258 g/mol. The lowest BCUT2D eigenvalue weighted by molar-refractivity contribution is -0.127. The summed E-state index contributed by atoms with van der Waals surface area (Å²) in [7, 11) is 0. The third-order valence-electron chi connectivity index (χ3n) is 3.43. The Kier molecular flexibility index (Phi) is 4.40. The Morgan fingerprint density at radius 1 is 1.58 bits per heavy atom. The number of benzene rings is 1. The molecule has 0 saturated heterocycles. The highest BCUT2D eigenvalue weighted by molar-refractivity contribution is 5.80. The van der Waals surface area contributed by atoms with Crippen LogP contribution in [0.15, 0.2) is 24.3 Å². The van der Waals surface area contributed by atoms with Crippen LogP contribution in [0.1, 0.15) is 25.3 Å². The van der Waals surface area contributed by atoms with E-state index >= 15 is 0 Å². The summed E-state index contributed by atoms with van der Waals surface area (Å²) in [6.07, 6.45) is 1.82. The largest absolute Gasteiger partial charge is 0.492 e. The Hall–Kier alpha value is -2.02. The Balaban J connectivity index is 1.97. The number of nitrogens with one attached hydrogen (secondary N) is 1. The minimum Gasteiger partial charge on any atom is -0.492 e. The number of fused-ring (bicyclic) bond motifs is 1. The Labute approximate surface area is 113 Å². The molecule has 2 unspecified atom stereocenters. The maximum Gasteiger partial charge on any atom is 0.227 e. The van der Waals surface area contributed by atoms with Crippen LogP contribution in [0, 0.1) is 17.2 Å². The molecule has 0 fully saturated rings. The predicted octanol–water partition coefficient (Wildman–Crippen LogP) is 2.05. The zero-order valence-electron chi connectivity index (χ0n) is 11.1. The lowest BCUT2D eigenvalue weighted by Crippen LogP contribution is -2.42. The molecule has 1 heterocycles. The molecule has 1 aliphatic heterocycles. The van der Waals surface area contributed by atoms with Crippen molar-refractivity contribution in [3.63, 3.8) is 0 Å². The third-order valence-corrected chi connectivity index (χ3v) is 3.43. The third kappa shape index (κ3) is 3.25. The molecule has 2 atom stereocenters. The van der Waals surface area contributed by atoms with Gasteiger partial charge in [-0.1, -0.05) is 25.1 Å². The van der Waals surface area contributed by atoms with Crippen LogP contribution in [-0.4, -0.2) is 18.6 Å². The molecular weight excluding hydrogens is 240 g/mol. The van der Waals surface area contributed by atoms with Gasteiger partial charge in [0.2, 0.25) is 5.91 Å². The van der Waals surface area contributed by atoms with E-state index in [4.69, 9.17) is 10.00 Å². The summed E-state index contributed by atoms with van der Waals surface area (Å²) in [5.41, 5.74) is 1.07. The summed E-state index contributed by atoms with van der Waals surface area (Å²) in [5.74, 6) is 0.690. The van der Waals surface area contributed by atoms with Gasteiger partial charge in [0.05, 0.1) is 18.4 Å². The van der Waals surface area contributed by atoms with Crippen molar-refractivity contribution in [2.24, 2.45) is 5.92 Å². The van der Waals surface area contributed by atoms with Crippen LogP contribution < -0.4 is 10.1 Å². The second-order valence-electron chi connectivity index (χ2n) is 4.80. The van der Waals surface area contributed by atoms with E-state index in [2.05, 4.69) is 11.4 Å². The number of rotatable bonds is 4. The second-order valence-corrected chi connectivity index (χ2v) is 4.80. The smallest absolute Gasteiger partial charge is 0.227 e. The van der Waals surface area contributed by atoms with Gasteiger partial charge in [-0.15, -0.1) is 0 Å². The fraction of sp³-hybridized carbons (Fsp3) is 0.467. The number of hydrogen-bond donors (Lipinski definition) is 1. The van der Waals surface area contributed by atoms with Gasteiger partial charge in [-0.3, -0.25) is 4.79 Å². The van der Waals surface area contributed by atoms with Crippen molar-refractivity contribution in [2.45, 2.75) is 32.2 Å². The average Bonchev–Trinajstić information content (AvgIpc) is 2.46. The first-order chi connectivity index (χ1) is 9.24. The molecule has 1 N–H and O–H groups in total. The number of amides is 1. The normalized spacial score (nSPS) is 18.6. The zero-order chi connectivity index (χ0) is 13.7. The summed E-state index contributed by atoms with van der Waals surface area (Å²) in [6.45, 7) is 2.38. The molecule has 100 valence electrons. The Morgan fingerprint density at radius 3 is 3.11 bits per heavy atom. The number of carbonyl (C=O) groups excluding carboxylic acids is 1. The van der Waals surface area contributed by atoms with Crippen LogP contribution >= 0.6 is 0 Å². The maximum absolute atomic E-state index is 12.2. The molecule has 0 spiro atoms. The van der Waals surface area contributed by atoms with Crippen LogP contribution in [0.2, 0.25) is 0 Å². The highest BCUT2D eigenvalue weighted by atomic mass is 16.5. The topological polar surface area (TPSA) is 62.1 Å². The Morgan fingerprint density at radius 2 is 2.37 bits per heavy atom. The Bertz CT molecular complexity index is 493. The van der Waals surface area contributed by atoms with Crippen LogP contribution in [0.5, 0.6) is 5.75 Å². The SMILES string of the molecule is CCC(CC#N)NC(=O)C1COc2ccccc2C1. The van der Waals surface area contributed by atoms with Gasteiger partial charge >= 0.3 is 0 Å². The van der Waals surface area contributed by atoms with Gasteiger partial charge in [0.1, 0.15) is 12.4 Å². The summed E-state index contributed by atoms with van der Waals surface area (Å²) in [6, 6.07) is 9.83. The monoisotopic (exact) mass is 258 g/mol. The molecule has 1 amide bonds. The van der Waals surface area contributed by atoms with Crippen LogP contribution in [0.4, 0.5) is 0 Å². The van der Waals surface area contributed by atoms with E-state index in [1.165, 1.54) is 0 Å². The summed E-state index contributed by atoms with van der Waals surface area (Å²) < 4.78 is 5.61. The van der Waals surface area contributed by atoms with Crippen molar-refractivity contribution in [2.75, 3.05) is 6.61 Å². The number of nitrogens with zero attached hydrogens (tertiary/aromatic N) is 1. The number of carbonyl (C=O) groups is 1. The fourth-order valence-corrected chi connectivity index (χ4v) is 2.22. The summed E-state index contributed by atoms with van der Waals surface area (Å²) in [4.78, 5) is 12.2.